The number of nitrogens with two attached hydrogens (primary N) is 1. The molecule has 76 valence electrons. The van der Waals surface area contributed by atoms with E-state index in [-0.39, 0.29) is 0 Å². The Morgan fingerprint density at radius 1 is 1.43 bits per heavy atom. The molecule has 4 heteroatoms. The summed E-state index contributed by atoms with van der Waals surface area (Å²) in [6.07, 6.45) is 3.79. The molecule has 0 bridgehead atoms. The molecule has 0 amide bonds. The van der Waals surface area contributed by atoms with Crippen LogP contribution in [0.25, 0.3) is 0 Å². The van der Waals surface area contributed by atoms with Crippen molar-refractivity contribution in [1.29, 1.82) is 0 Å². The second kappa shape index (κ2) is 3.36. The first-order valence-corrected chi connectivity index (χ1v) is 4.93. The average Bonchev–Trinajstić information content (AvgIpc) is 2.64. The van der Waals surface area contributed by atoms with Crippen molar-refractivity contribution in [1.82, 2.24) is 0 Å². The standard InChI is InChI=1S/C10H15N3O/c1-8-6-10(12-4-2-3-5-12)13(14)7-9(8)11/h6-7H,2-5,11H2,1H3. The predicted octanol–water partition coefficient (Wildman–Crippen LogP) is 0.811. The number of hydrogen-bond donors (Lipinski definition) is 1. The van der Waals surface area contributed by atoms with Gasteiger partial charge in [-0.15, -0.1) is 0 Å². The largest absolute Gasteiger partial charge is 0.711 e. The van der Waals surface area contributed by atoms with Crippen LogP contribution < -0.4 is 15.4 Å². The topological polar surface area (TPSA) is 56.2 Å². The highest BCUT2D eigenvalue weighted by Gasteiger charge is 2.21. The van der Waals surface area contributed by atoms with Crippen LogP contribution in [0.2, 0.25) is 0 Å². The summed E-state index contributed by atoms with van der Waals surface area (Å²) in [6.45, 7) is 3.88. The third kappa shape index (κ3) is 1.47. The van der Waals surface area contributed by atoms with Crippen LogP contribution in [-0.4, -0.2) is 13.1 Å². The molecule has 0 atom stereocenters. The number of nitrogens with zero attached hydrogens (tertiary/aromatic N) is 2. The van der Waals surface area contributed by atoms with Crippen LogP contribution in [0.1, 0.15) is 18.4 Å². The van der Waals surface area contributed by atoms with Crippen molar-refractivity contribution in [2.45, 2.75) is 19.8 Å². The molecular formula is C10H15N3O. The number of nitrogen functional groups attached to an aromatic ring is 1. The minimum Gasteiger partial charge on any atom is -0.711 e. The van der Waals surface area contributed by atoms with Gasteiger partial charge < -0.3 is 10.9 Å². The van der Waals surface area contributed by atoms with Gasteiger partial charge >= 0.3 is 0 Å². The van der Waals surface area contributed by atoms with E-state index in [9.17, 15) is 5.21 Å². The second-order valence-corrected chi connectivity index (χ2v) is 3.79. The summed E-state index contributed by atoms with van der Waals surface area (Å²) >= 11 is 0. The van der Waals surface area contributed by atoms with Gasteiger partial charge in [0.1, 0.15) is 6.20 Å². The van der Waals surface area contributed by atoms with Crippen LogP contribution in [0.5, 0.6) is 0 Å². The van der Waals surface area contributed by atoms with Gasteiger partial charge in [-0.25, -0.2) is 4.73 Å². The van der Waals surface area contributed by atoms with Crippen molar-refractivity contribution >= 4 is 11.5 Å². The van der Waals surface area contributed by atoms with E-state index >= 15 is 0 Å². The van der Waals surface area contributed by atoms with Crippen LogP contribution in [0.4, 0.5) is 11.5 Å². The molecule has 0 radical (unpaired) electrons. The fraction of sp³-hybridized carbons (Fsp3) is 0.500. The molecule has 2 rings (SSSR count). The summed E-state index contributed by atoms with van der Waals surface area (Å²) in [7, 11) is 0. The molecule has 1 aromatic rings. The lowest BCUT2D eigenvalue weighted by Gasteiger charge is -2.17. The highest BCUT2D eigenvalue weighted by molar-refractivity contribution is 5.48. The van der Waals surface area contributed by atoms with Crippen molar-refractivity contribution < 1.29 is 4.73 Å². The van der Waals surface area contributed by atoms with E-state index in [2.05, 4.69) is 4.90 Å². The lowest BCUT2D eigenvalue weighted by molar-refractivity contribution is -0.591. The maximum atomic E-state index is 11.6. The van der Waals surface area contributed by atoms with Crippen molar-refractivity contribution in [2.24, 2.45) is 0 Å². The lowest BCUT2D eigenvalue weighted by Crippen LogP contribution is -2.37. The molecular weight excluding hydrogens is 178 g/mol. The Balaban J connectivity index is 2.37. The van der Waals surface area contributed by atoms with E-state index in [4.69, 9.17) is 5.73 Å². The molecule has 0 saturated carbocycles. The van der Waals surface area contributed by atoms with Gasteiger partial charge in [0.2, 0.25) is 0 Å². The van der Waals surface area contributed by atoms with Crippen molar-refractivity contribution in [2.75, 3.05) is 23.7 Å². The number of pyridine rings is 1. The molecule has 1 aliphatic heterocycles. The summed E-state index contributed by atoms with van der Waals surface area (Å²) < 4.78 is 0.869. The first kappa shape index (κ1) is 9.12. The number of hydrogen-bond acceptors (Lipinski definition) is 3. The summed E-state index contributed by atoms with van der Waals surface area (Å²) in [4.78, 5) is 2.11. The Morgan fingerprint density at radius 2 is 2.07 bits per heavy atom. The predicted molar refractivity (Wildman–Crippen MR) is 56.0 cm³/mol. The van der Waals surface area contributed by atoms with Gasteiger partial charge in [0.25, 0.3) is 5.82 Å². The highest BCUT2D eigenvalue weighted by Crippen LogP contribution is 2.19. The Hall–Kier alpha value is -1.45. The van der Waals surface area contributed by atoms with Crippen molar-refractivity contribution in [3.8, 4) is 0 Å². The van der Waals surface area contributed by atoms with Crippen LogP contribution in [-0.2, 0) is 0 Å². The van der Waals surface area contributed by atoms with E-state index in [0.717, 1.165) is 29.2 Å². The Bertz CT molecular complexity index is 345. The van der Waals surface area contributed by atoms with Crippen LogP contribution in [0.15, 0.2) is 12.3 Å². The van der Waals surface area contributed by atoms with E-state index in [0.29, 0.717) is 5.69 Å². The van der Waals surface area contributed by atoms with Crippen LogP contribution in [0, 0.1) is 12.1 Å². The van der Waals surface area contributed by atoms with Crippen LogP contribution in [0.3, 0.4) is 0 Å². The molecule has 0 aliphatic carbocycles. The number of rotatable bonds is 1. The molecule has 1 aromatic heterocycles. The monoisotopic (exact) mass is 193 g/mol. The normalized spacial score (nSPS) is 16.2. The summed E-state index contributed by atoms with van der Waals surface area (Å²) in [5.74, 6) is 0.731. The summed E-state index contributed by atoms with van der Waals surface area (Å²) in [5, 5.41) is 11.6. The number of aryl methyl sites for hydroxylation is 1. The van der Waals surface area contributed by atoms with Gasteiger partial charge in [0.15, 0.2) is 0 Å². The molecule has 14 heavy (non-hydrogen) atoms. The highest BCUT2D eigenvalue weighted by atomic mass is 16.5. The SMILES string of the molecule is Cc1cc(N2CCCC2)[n+]([O-])cc1N. The van der Waals surface area contributed by atoms with Crippen molar-refractivity contribution in [3.05, 3.63) is 23.0 Å². The first-order chi connectivity index (χ1) is 6.68. The Labute approximate surface area is 83.5 Å². The minimum absolute atomic E-state index is 0.558. The number of anilines is 2. The maximum Gasteiger partial charge on any atom is 0.279 e. The first-order valence-electron chi connectivity index (χ1n) is 4.93. The van der Waals surface area contributed by atoms with Gasteiger partial charge in [-0.2, -0.15) is 0 Å². The minimum atomic E-state index is 0.558. The molecule has 1 fully saturated rings. The van der Waals surface area contributed by atoms with E-state index in [1.54, 1.807) is 0 Å². The molecule has 0 spiro atoms. The maximum absolute atomic E-state index is 11.6. The van der Waals surface area contributed by atoms with Gasteiger partial charge in [0, 0.05) is 6.07 Å². The number of aromatic nitrogens is 1. The molecule has 2 heterocycles. The summed E-state index contributed by atoms with van der Waals surface area (Å²) in [5.41, 5.74) is 7.18. The van der Waals surface area contributed by atoms with Gasteiger partial charge in [-0.05, 0) is 25.3 Å². The summed E-state index contributed by atoms with van der Waals surface area (Å²) in [6, 6.07) is 1.87. The zero-order valence-electron chi connectivity index (χ0n) is 8.36. The fourth-order valence-corrected chi connectivity index (χ4v) is 1.81. The quantitative estimate of drug-likeness (QED) is 0.530. The van der Waals surface area contributed by atoms with E-state index in [1.807, 2.05) is 13.0 Å². The molecule has 1 aliphatic rings. The zero-order chi connectivity index (χ0) is 10.1. The lowest BCUT2D eigenvalue weighted by atomic mass is 10.2. The van der Waals surface area contributed by atoms with Crippen molar-refractivity contribution in [3.63, 3.8) is 0 Å². The third-order valence-corrected chi connectivity index (χ3v) is 2.71. The molecule has 2 N–H and O–H groups in total. The van der Waals surface area contributed by atoms with E-state index < -0.39 is 0 Å². The molecule has 4 nitrogen and oxygen atoms in total. The second-order valence-electron chi connectivity index (χ2n) is 3.79. The average molecular weight is 193 g/mol. The zero-order valence-corrected chi connectivity index (χ0v) is 8.36. The van der Waals surface area contributed by atoms with Gasteiger partial charge in [-0.3, -0.25) is 4.90 Å². The Morgan fingerprint density at radius 3 is 2.71 bits per heavy atom. The van der Waals surface area contributed by atoms with E-state index in [1.165, 1.54) is 19.0 Å². The molecule has 0 aromatic carbocycles. The Kier molecular flexibility index (Phi) is 2.19. The molecule has 1 saturated heterocycles. The van der Waals surface area contributed by atoms with Gasteiger partial charge in [0.05, 0.1) is 18.8 Å². The molecule has 0 unspecified atom stereocenters. The fourth-order valence-electron chi connectivity index (χ4n) is 1.81. The van der Waals surface area contributed by atoms with Crippen LogP contribution >= 0.6 is 0 Å². The smallest absolute Gasteiger partial charge is 0.279 e. The third-order valence-electron chi connectivity index (χ3n) is 2.71. The van der Waals surface area contributed by atoms with Gasteiger partial charge in [-0.1, -0.05) is 0 Å².